The Morgan fingerprint density at radius 3 is 2.56 bits per heavy atom. The molecule has 1 aliphatic carbocycles. The predicted octanol–water partition coefficient (Wildman–Crippen LogP) is 5.40. The van der Waals surface area contributed by atoms with Crippen LogP contribution in [0.15, 0.2) is 42.0 Å². The van der Waals surface area contributed by atoms with Crippen LogP contribution in [0.3, 0.4) is 0 Å². The Morgan fingerprint density at radius 1 is 1.08 bits per heavy atom. The molecule has 0 amide bonds. The van der Waals surface area contributed by atoms with E-state index in [1.165, 1.54) is 6.07 Å². The van der Waals surface area contributed by atoms with E-state index < -0.39 is 17.7 Å². The van der Waals surface area contributed by atoms with Crippen molar-refractivity contribution in [3.63, 3.8) is 0 Å². The highest BCUT2D eigenvalue weighted by Crippen LogP contribution is 2.39. The maximum atomic E-state index is 13.5. The Hall–Kier alpha value is -3.20. The number of aliphatic carboxylic acids is 1. The molecular weight excluding hydrogens is 475 g/mol. The van der Waals surface area contributed by atoms with Crippen LogP contribution in [0.5, 0.6) is 17.2 Å². The molecule has 2 fully saturated rings. The number of fused-ring (bicyclic) bond motifs is 1. The number of carbonyl (C=O) groups is 1. The number of hydrogen-bond acceptors (Lipinski definition) is 5. The van der Waals surface area contributed by atoms with Gasteiger partial charge in [0.25, 0.3) is 0 Å². The molecule has 5 rings (SSSR count). The topological polar surface area (TPSA) is 68.2 Å². The summed E-state index contributed by atoms with van der Waals surface area (Å²) in [4.78, 5) is 13.4. The molecular formula is C27H28F3NO5. The second-order valence-corrected chi connectivity index (χ2v) is 9.61. The highest BCUT2D eigenvalue weighted by molar-refractivity contribution is 5.70. The Morgan fingerprint density at radius 2 is 1.86 bits per heavy atom. The highest BCUT2D eigenvalue weighted by Gasteiger charge is 2.36. The van der Waals surface area contributed by atoms with Crippen LogP contribution in [0, 0.1) is 5.92 Å². The van der Waals surface area contributed by atoms with E-state index in [-0.39, 0.29) is 24.4 Å². The lowest BCUT2D eigenvalue weighted by Gasteiger charge is -2.31. The summed E-state index contributed by atoms with van der Waals surface area (Å²) in [6, 6.07) is 9.43. The van der Waals surface area contributed by atoms with Gasteiger partial charge in [0.15, 0.2) is 0 Å². The summed E-state index contributed by atoms with van der Waals surface area (Å²) in [7, 11) is 0. The van der Waals surface area contributed by atoms with Crippen molar-refractivity contribution in [3.05, 3.63) is 58.7 Å². The number of carboxylic acids is 1. The van der Waals surface area contributed by atoms with Gasteiger partial charge in [-0.25, -0.2) is 0 Å². The predicted molar refractivity (Wildman–Crippen MR) is 126 cm³/mol. The Balaban J connectivity index is 1.20. The smallest absolute Gasteiger partial charge is 0.419 e. The van der Waals surface area contributed by atoms with Gasteiger partial charge in [0.2, 0.25) is 0 Å². The molecule has 0 aromatic heterocycles. The van der Waals surface area contributed by atoms with Crippen molar-refractivity contribution in [3.8, 4) is 17.2 Å². The first kappa shape index (κ1) is 24.5. The lowest BCUT2D eigenvalue weighted by Crippen LogP contribution is -2.38. The molecule has 0 unspecified atom stereocenters. The third kappa shape index (κ3) is 5.95. The van der Waals surface area contributed by atoms with Crippen LogP contribution in [-0.4, -0.2) is 48.3 Å². The first-order valence-electron chi connectivity index (χ1n) is 12.2. The minimum absolute atomic E-state index is 0.0149. The summed E-state index contributed by atoms with van der Waals surface area (Å²) in [5.41, 5.74) is 1.63. The molecule has 192 valence electrons. The number of nitrogens with zero attached hydrogens (tertiary/aromatic N) is 1. The van der Waals surface area contributed by atoms with Crippen molar-refractivity contribution >= 4 is 12.0 Å². The molecule has 3 aliphatic rings. The van der Waals surface area contributed by atoms with Gasteiger partial charge in [-0.05, 0) is 80.3 Å². The van der Waals surface area contributed by atoms with Crippen LogP contribution in [0.2, 0.25) is 0 Å². The van der Waals surface area contributed by atoms with Crippen molar-refractivity contribution in [1.29, 1.82) is 0 Å². The van der Waals surface area contributed by atoms with E-state index >= 15 is 0 Å². The van der Waals surface area contributed by atoms with Gasteiger partial charge < -0.3 is 19.3 Å². The number of halogens is 3. The molecule has 1 saturated heterocycles. The van der Waals surface area contributed by atoms with Gasteiger partial charge in [0.05, 0.1) is 17.6 Å². The molecule has 0 spiro atoms. The van der Waals surface area contributed by atoms with E-state index in [0.29, 0.717) is 36.5 Å². The minimum Gasteiger partial charge on any atom is -0.490 e. The summed E-state index contributed by atoms with van der Waals surface area (Å²) in [6.07, 6.45) is 0.316. The monoisotopic (exact) mass is 503 g/mol. The van der Waals surface area contributed by atoms with Gasteiger partial charge in [-0.1, -0.05) is 6.07 Å². The van der Waals surface area contributed by atoms with Gasteiger partial charge in [-0.15, -0.1) is 0 Å². The molecule has 2 aromatic carbocycles. The number of rotatable bonds is 8. The molecule has 0 bridgehead atoms. The fraction of sp³-hybridized carbons (Fsp3) is 0.444. The molecule has 1 N–H and O–H groups in total. The fourth-order valence-corrected chi connectivity index (χ4v) is 4.52. The number of alkyl halides is 3. The lowest BCUT2D eigenvalue weighted by molar-refractivity contribution is -0.143. The van der Waals surface area contributed by atoms with Crippen molar-refractivity contribution in [2.45, 2.75) is 44.6 Å². The number of ether oxygens (including phenoxy) is 3. The highest BCUT2D eigenvalue weighted by atomic mass is 19.4. The van der Waals surface area contributed by atoms with Crippen LogP contribution < -0.4 is 14.2 Å². The molecule has 9 heteroatoms. The van der Waals surface area contributed by atoms with Gasteiger partial charge >= 0.3 is 12.1 Å². The van der Waals surface area contributed by atoms with Gasteiger partial charge in [-0.3, -0.25) is 9.69 Å². The summed E-state index contributed by atoms with van der Waals surface area (Å²) in [5, 5.41) is 9.16. The maximum Gasteiger partial charge on any atom is 0.419 e. The Kier molecular flexibility index (Phi) is 6.83. The van der Waals surface area contributed by atoms with E-state index in [0.717, 1.165) is 49.7 Å². The summed E-state index contributed by atoms with van der Waals surface area (Å²) in [5.74, 6) is 0.0521. The number of carboxylic acid groups (broad SMARTS) is 1. The van der Waals surface area contributed by atoms with E-state index in [4.69, 9.17) is 19.3 Å². The maximum absolute atomic E-state index is 13.5. The largest absolute Gasteiger partial charge is 0.490 e. The van der Waals surface area contributed by atoms with Gasteiger partial charge in [-0.2, -0.15) is 13.2 Å². The molecule has 2 aliphatic heterocycles. The standard InChI is InChI=1S/C27H28F3NO5/c28-27(29,30)23-12-17(1-6-24(23)36-21-4-5-21)15-34-22-3-2-20-11-18(16-35-25(20)13-22)14-31-9-7-19(8-10-31)26(32)33/h1-3,6,11-13,19,21H,4-5,7-10,14-16H2,(H,32,33). The number of piperidine rings is 1. The molecule has 0 atom stereocenters. The van der Waals surface area contributed by atoms with E-state index in [2.05, 4.69) is 11.0 Å². The third-order valence-corrected chi connectivity index (χ3v) is 6.69. The Bertz CT molecular complexity index is 1150. The van der Waals surface area contributed by atoms with Gasteiger partial charge in [0, 0.05) is 18.2 Å². The van der Waals surface area contributed by atoms with Crippen LogP contribution in [-0.2, 0) is 17.6 Å². The van der Waals surface area contributed by atoms with Crippen molar-refractivity contribution < 1.29 is 37.3 Å². The molecule has 2 heterocycles. The average molecular weight is 504 g/mol. The number of benzene rings is 2. The zero-order chi connectivity index (χ0) is 25.3. The number of hydrogen-bond donors (Lipinski definition) is 1. The quantitative estimate of drug-likeness (QED) is 0.521. The normalized spacial score (nSPS) is 18.7. The van der Waals surface area contributed by atoms with E-state index in [1.807, 2.05) is 6.07 Å². The van der Waals surface area contributed by atoms with Crippen LogP contribution in [0.4, 0.5) is 13.2 Å². The molecule has 2 aromatic rings. The van der Waals surface area contributed by atoms with Gasteiger partial charge in [0.1, 0.15) is 30.5 Å². The third-order valence-electron chi connectivity index (χ3n) is 6.69. The zero-order valence-corrected chi connectivity index (χ0v) is 19.7. The average Bonchev–Trinajstić information content (AvgIpc) is 3.67. The lowest BCUT2D eigenvalue weighted by atomic mass is 9.96. The SMILES string of the molecule is O=C(O)C1CCN(CC2=Cc3ccc(OCc4ccc(OC5CC5)c(C(F)(F)F)c4)cc3OC2)CC1. The summed E-state index contributed by atoms with van der Waals surface area (Å²) in [6.45, 7) is 2.63. The first-order valence-corrected chi connectivity index (χ1v) is 12.2. The molecule has 1 saturated carbocycles. The number of likely N-dealkylation sites (tertiary alicyclic amines) is 1. The molecule has 36 heavy (non-hydrogen) atoms. The first-order chi connectivity index (χ1) is 17.2. The zero-order valence-electron chi connectivity index (χ0n) is 19.7. The summed E-state index contributed by atoms with van der Waals surface area (Å²) < 4.78 is 57.6. The van der Waals surface area contributed by atoms with Crippen LogP contribution >= 0.6 is 0 Å². The van der Waals surface area contributed by atoms with E-state index in [9.17, 15) is 18.0 Å². The van der Waals surface area contributed by atoms with Crippen molar-refractivity contribution in [1.82, 2.24) is 4.90 Å². The second-order valence-electron chi connectivity index (χ2n) is 9.61. The van der Waals surface area contributed by atoms with Crippen LogP contribution in [0.25, 0.3) is 6.08 Å². The fourth-order valence-electron chi connectivity index (χ4n) is 4.52. The van der Waals surface area contributed by atoms with E-state index in [1.54, 1.807) is 18.2 Å². The molecule has 6 nitrogen and oxygen atoms in total. The molecule has 0 radical (unpaired) electrons. The Labute approximate surface area is 207 Å². The second kappa shape index (κ2) is 10.0. The van der Waals surface area contributed by atoms with Crippen molar-refractivity contribution in [2.75, 3.05) is 26.2 Å². The van der Waals surface area contributed by atoms with Crippen molar-refractivity contribution in [2.24, 2.45) is 5.92 Å². The minimum atomic E-state index is -4.50. The van der Waals surface area contributed by atoms with Crippen LogP contribution in [0.1, 0.15) is 42.4 Å². The summed E-state index contributed by atoms with van der Waals surface area (Å²) >= 11 is 0.